The minimum absolute atomic E-state index is 0.868. The number of carbonyl (C=O) groups excluding carboxylic acids is 4. The Balaban J connectivity index is 1.20. The quantitative estimate of drug-likeness (QED) is 0.0309. The molecule has 0 aromatic rings. The molecule has 44 heteroatoms. The smallest absolute Gasteiger partial charge is 0.394 e. The van der Waals surface area contributed by atoms with Gasteiger partial charge in [0.25, 0.3) is 0 Å². The number of nitrogens with one attached hydrogen (secondary N) is 4. The van der Waals surface area contributed by atoms with E-state index in [4.69, 9.17) is 61.4 Å². The Bertz CT molecular complexity index is 2520. The highest BCUT2D eigenvalue weighted by atomic mass is 32.3. The molecule has 0 spiro atoms. The molecule has 546 valence electrons. The maximum Gasteiger partial charge on any atom is 0.397 e. The molecule has 0 radical (unpaired) electrons. The minimum atomic E-state index is -5.15. The minimum Gasteiger partial charge on any atom is -0.394 e. The molecule has 6 aliphatic rings. The Morgan fingerprint density at radius 2 is 0.809 bits per heavy atom. The number of amides is 4. The number of aliphatic hydroxyl groups excluding tert-OH is 19. The van der Waals surface area contributed by atoms with E-state index in [9.17, 15) is 125 Å². The topological polar surface area (TPSA) is 675 Å². The van der Waals surface area contributed by atoms with Crippen LogP contribution in [-0.2, 0) is 90.6 Å². The highest BCUT2D eigenvalue weighted by molar-refractivity contribution is 7.80. The van der Waals surface area contributed by atoms with E-state index < -0.39 is 295 Å². The molecule has 43 nitrogen and oxygen atoms in total. The molecular weight excluding hydrogens is 1310 g/mol. The summed E-state index contributed by atoms with van der Waals surface area (Å²) in [5.74, 6) is -3.58. The third-order valence-corrected chi connectivity index (χ3v) is 16.4. The molecule has 6 heterocycles. The van der Waals surface area contributed by atoms with Crippen molar-refractivity contribution in [2.75, 3.05) is 52.9 Å². The lowest BCUT2D eigenvalue weighted by Crippen LogP contribution is -2.70. The van der Waals surface area contributed by atoms with Gasteiger partial charge in [0.05, 0.1) is 58.9 Å². The van der Waals surface area contributed by atoms with Gasteiger partial charge in [0.2, 0.25) is 23.6 Å². The fourth-order valence-electron chi connectivity index (χ4n) is 11.3. The van der Waals surface area contributed by atoms with Crippen LogP contribution in [0.15, 0.2) is 0 Å². The zero-order valence-corrected chi connectivity index (χ0v) is 51.2. The summed E-state index contributed by atoms with van der Waals surface area (Å²) in [7, 11) is -5.15. The predicted molar refractivity (Wildman–Crippen MR) is 291 cm³/mol. The van der Waals surface area contributed by atoms with Gasteiger partial charge in [-0.3, -0.25) is 23.7 Å². The predicted octanol–water partition coefficient (Wildman–Crippen LogP) is -16.2. The first kappa shape index (κ1) is 79.5. The average molecular weight is 1400 g/mol. The third-order valence-electron chi connectivity index (χ3n) is 16.0. The monoisotopic (exact) mass is 1400 g/mol. The lowest BCUT2D eigenvalue weighted by Gasteiger charge is -2.50. The summed E-state index contributed by atoms with van der Waals surface area (Å²) in [5.41, 5.74) is 0. The molecule has 0 unspecified atom stereocenters. The van der Waals surface area contributed by atoms with E-state index in [1.807, 2.05) is 0 Å². The highest BCUT2D eigenvalue weighted by Gasteiger charge is 2.58. The number of hydrogen-bond acceptors (Lipinski definition) is 38. The van der Waals surface area contributed by atoms with Gasteiger partial charge in [-0.15, -0.1) is 0 Å². The SMILES string of the molecule is CC(=O)N[C@H]1[C@H](O[C@H]2[C@@H](O)[C@@H](CO)O[C@@H](O[C@H]3[C@H](O)[C@@H](NC(C)=O)[C@H](OC[C@@H](O)[C@H](O)[C@H](O[C@@H]4O[C@H](CO)[C@@H](O)[C@H](O[C@@H]5O[C@H](CO)[C@H](O)[C@H](O)[C@H]5O)[C@H]4NC(C)=O)[C@H](CO)NC(C)=O)O[C@@H]3CO)[C@@H]2O)O[C@H](CO)[C@@H](O[C@@H]2O[C@H](COS(=O)(=O)O)[C@H](O)[C@H](O)[C@H]2O)[C@@H]1O. The van der Waals surface area contributed by atoms with Crippen molar-refractivity contribution in [1.82, 2.24) is 21.3 Å². The van der Waals surface area contributed by atoms with Crippen molar-refractivity contribution in [3.63, 3.8) is 0 Å². The number of hydrogen-bond donors (Lipinski definition) is 24. The molecule has 6 rings (SSSR count). The van der Waals surface area contributed by atoms with E-state index in [1.54, 1.807) is 0 Å². The first-order valence-electron chi connectivity index (χ1n) is 29.2. The van der Waals surface area contributed by atoms with Crippen LogP contribution >= 0.6 is 0 Å². The molecule has 0 aromatic heterocycles. The van der Waals surface area contributed by atoms with Gasteiger partial charge in [0, 0.05) is 27.7 Å². The van der Waals surface area contributed by atoms with Crippen LogP contribution in [0.4, 0.5) is 0 Å². The standard InChI is InChI=1S/C50H86N4O39S/c1-13(61)51-17(5-55)40(89-47-27(54-16(4)64)43(31(69)20(7-57)83-47)92-48-37(75)35(73)29(67)19(6-56)84-48)28(66)18(65)11-81-45-25(52-14(2)62)33(71)41(22(9-59)86-45)91-50-39(77)44(32(70)21(8-58)85-50)93-46-26(53-15(3)63)34(72)42(23(10-60)87-46)90-49-38(76)36(74)30(68)24(88-49)12-82-94(78,79)80/h17-50,55-60,65-77H,5-12H2,1-4H3,(H,51,61)(H,52,62)(H,53,63)(H,54,64)(H,78,79,80)/t17-,18+,19+,20+,21+,22+,23+,24+,25+,26+,27+,28-,29-,30-,31+,32-,33+,34+,35-,36-,37+,38+,39+,40+,41+,42+,43+,44-,45+,46-,47-,48-,49-,50-/m0/s1. The van der Waals surface area contributed by atoms with Crippen LogP contribution in [0.2, 0.25) is 0 Å². The second kappa shape index (κ2) is 35.0. The van der Waals surface area contributed by atoms with Gasteiger partial charge in [0.15, 0.2) is 37.7 Å². The van der Waals surface area contributed by atoms with Gasteiger partial charge >= 0.3 is 10.4 Å². The van der Waals surface area contributed by atoms with Crippen LogP contribution in [0, 0.1) is 0 Å². The van der Waals surface area contributed by atoms with Crippen LogP contribution < -0.4 is 21.3 Å². The molecule has 6 saturated heterocycles. The third kappa shape index (κ3) is 19.3. The van der Waals surface area contributed by atoms with E-state index in [0.29, 0.717) is 0 Å². The van der Waals surface area contributed by atoms with Gasteiger partial charge in [-0.25, -0.2) is 4.18 Å². The summed E-state index contributed by atoms with van der Waals surface area (Å²) in [6.07, 6.45) is -60.6. The molecule has 34 atom stereocenters. The lowest BCUT2D eigenvalue weighted by molar-refractivity contribution is -0.378. The Morgan fingerprint density at radius 1 is 0.426 bits per heavy atom. The Kier molecular flexibility index (Phi) is 29.6. The number of rotatable bonds is 29. The van der Waals surface area contributed by atoms with E-state index in [2.05, 4.69) is 25.5 Å². The first-order chi connectivity index (χ1) is 44.1. The fraction of sp³-hybridized carbons (Fsp3) is 0.920. The van der Waals surface area contributed by atoms with Gasteiger partial charge in [-0.2, -0.15) is 8.42 Å². The van der Waals surface area contributed by atoms with Crippen LogP contribution in [0.1, 0.15) is 27.7 Å². The van der Waals surface area contributed by atoms with E-state index in [-0.39, 0.29) is 0 Å². The zero-order valence-electron chi connectivity index (χ0n) is 50.4. The second-order valence-electron chi connectivity index (χ2n) is 22.8. The van der Waals surface area contributed by atoms with Crippen LogP contribution in [-0.4, -0.2) is 395 Å². The number of aliphatic hydroxyl groups is 19. The van der Waals surface area contributed by atoms with Crippen molar-refractivity contribution in [1.29, 1.82) is 0 Å². The van der Waals surface area contributed by atoms with Crippen molar-refractivity contribution in [2.45, 2.75) is 236 Å². The van der Waals surface area contributed by atoms with Crippen LogP contribution in [0.5, 0.6) is 0 Å². The summed E-state index contributed by atoms with van der Waals surface area (Å²) < 4.78 is 105. The molecule has 94 heavy (non-hydrogen) atoms. The molecule has 0 aromatic carbocycles. The summed E-state index contributed by atoms with van der Waals surface area (Å²) in [5, 5.41) is 216. The van der Waals surface area contributed by atoms with E-state index >= 15 is 0 Å². The van der Waals surface area contributed by atoms with Gasteiger partial charge in [-0.1, -0.05) is 0 Å². The van der Waals surface area contributed by atoms with Crippen LogP contribution in [0.3, 0.4) is 0 Å². The molecule has 0 saturated carbocycles. The number of carbonyl (C=O) groups is 4. The van der Waals surface area contributed by atoms with Crippen molar-refractivity contribution in [2.24, 2.45) is 0 Å². The molecule has 0 bridgehead atoms. The first-order valence-corrected chi connectivity index (χ1v) is 30.5. The average Bonchev–Trinajstić information content (AvgIpc) is 0.783. The highest BCUT2D eigenvalue weighted by Crippen LogP contribution is 2.37. The van der Waals surface area contributed by atoms with Crippen LogP contribution in [0.25, 0.3) is 0 Å². The molecule has 6 fully saturated rings. The Hall–Kier alpha value is -3.49. The fourth-order valence-corrected chi connectivity index (χ4v) is 11.6. The maximum atomic E-state index is 12.7. The summed E-state index contributed by atoms with van der Waals surface area (Å²) in [6.45, 7) is -4.83. The van der Waals surface area contributed by atoms with Gasteiger partial charge in [-0.05, 0) is 0 Å². The maximum absolute atomic E-state index is 12.7. The summed E-state index contributed by atoms with van der Waals surface area (Å²) in [6, 6.07) is -7.24. The molecule has 0 aliphatic carbocycles. The Labute approximate surface area is 533 Å². The molecule has 6 aliphatic heterocycles. The van der Waals surface area contributed by atoms with Gasteiger partial charge in [0.1, 0.15) is 165 Å². The summed E-state index contributed by atoms with van der Waals surface area (Å²) in [4.78, 5) is 50.5. The van der Waals surface area contributed by atoms with Crippen molar-refractivity contribution in [3.05, 3.63) is 0 Å². The molecular formula is C50H86N4O39S. The number of ether oxygens (including phenoxy) is 12. The van der Waals surface area contributed by atoms with Crippen molar-refractivity contribution < 1.29 is 190 Å². The summed E-state index contributed by atoms with van der Waals surface area (Å²) >= 11 is 0. The van der Waals surface area contributed by atoms with Crippen molar-refractivity contribution in [3.8, 4) is 0 Å². The van der Waals surface area contributed by atoms with Crippen molar-refractivity contribution >= 4 is 34.0 Å². The second-order valence-corrected chi connectivity index (χ2v) is 23.9. The largest absolute Gasteiger partial charge is 0.397 e. The normalized spacial score (nSPS) is 42.7. The van der Waals surface area contributed by atoms with E-state index in [1.165, 1.54) is 0 Å². The van der Waals surface area contributed by atoms with E-state index in [0.717, 1.165) is 27.7 Å². The lowest BCUT2D eigenvalue weighted by atomic mass is 9.94. The molecule has 24 N–H and O–H groups in total. The zero-order chi connectivity index (χ0) is 70.1. The molecule has 4 amide bonds. The Morgan fingerprint density at radius 3 is 1.27 bits per heavy atom. The van der Waals surface area contributed by atoms with Gasteiger partial charge < -0.3 is 175 Å².